The molecule has 3 heterocycles. The summed E-state index contributed by atoms with van der Waals surface area (Å²) >= 11 is 0. The Morgan fingerprint density at radius 1 is 1.21 bits per heavy atom. The first-order valence-corrected chi connectivity index (χ1v) is 11.0. The van der Waals surface area contributed by atoms with Crippen molar-refractivity contribution >= 4 is 5.97 Å². The number of alkyl halides is 2. The number of aromatic nitrogens is 3. The van der Waals surface area contributed by atoms with Crippen LogP contribution in [0.1, 0.15) is 56.2 Å². The van der Waals surface area contributed by atoms with E-state index in [0.29, 0.717) is 33.7 Å². The second-order valence-corrected chi connectivity index (χ2v) is 9.35. The average Bonchev–Trinajstić information content (AvgIpc) is 3.27. The lowest BCUT2D eigenvalue weighted by Gasteiger charge is -2.39. The van der Waals surface area contributed by atoms with Gasteiger partial charge in [0.1, 0.15) is 11.3 Å². The van der Waals surface area contributed by atoms with Gasteiger partial charge in [0.05, 0.1) is 25.6 Å². The third kappa shape index (κ3) is 4.10. The first kappa shape index (κ1) is 23.7. The highest BCUT2D eigenvalue weighted by atomic mass is 19.3. The van der Waals surface area contributed by atoms with E-state index in [4.69, 9.17) is 9.47 Å². The number of carbonyl (C=O) groups is 1. The molecule has 2 aromatic heterocycles. The van der Waals surface area contributed by atoms with E-state index >= 15 is 0 Å². The van der Waals surface area contributed by atoms with Crippen molar-refractivity contribution in [1.82, 2.24) is 14.3 Å². The summed E-state index contributed by atoms with van der Waals surface area (Å²) < 4.78 is 39.4. The van der Waals surface area contributed by atoms with Gasteiger partial charge in [-0.05, 0) is 36.5 Å². The summed E-state index contributed by atoms with van der Waals surface area (Å²) in [4.78, 5) is 25.2. The lowest BCUT2D eigenvalue weighted by molar-refractivity contribution is 0.0522. The summed E-state index contributed by atoms with van der Waals surface area (Å²) in [6.07, 6.45) is 4.85. The summed E-state index contributed by atoms with van der Waals surface area (Å²) in [5.41, 5.74) is 2.89. The molecule has 0 fully saturated rings. The molecule has 0 N–H and O–H groups in total. The molecule has 9 heteroatoms. The van der Waals surface area contributed by atoms with Gasteiger partial charge in [0.25, 0.3) is 0 Å². The van der Waals surface area contributed by atoms with Crippen LogP contribution in [0.5, 0.6) is 5.75 Å². The monoisotopic (exact) mass is 471 g/mol. The third-order valence-corrected chi connectivity index (χ3v) is 6.14. The minimum Gasteiger partial charge on any atom is -0.496 e. The summed E-state index contributed by atoms with van der Waals surface area (Å²) in [6, 6.07) is 5.09. The molecule has 1 aromatic carbocycles. The van der Waals surface area contributed by atoms with E-state index in [2.05, 4.69) is 25.9 Å². The first-order valence-electron chi connectivity index (χ1n) is 11.0. The van der Waals surface area contributed by atoms with Gasteiger partial charge < -0.3 is 14.0 Å². The second-order valence-electron chi connectivity index (χ2n) is 9.35. The maximum atomic E-state index is 13.1. The highest BCUT2D eigenvalue weighted by molar-refractivity contribution is 5.89. The standard InChI is InChI=1S/C25H27F2N3O4/c1-6-34-23(32)18-13-29-19(10-20(18)31)16-9-21(33-5)17(15-11-28-30(12-15)24(26)27)7-14(16)8-22(29)25(2,3)4/h7,9-13,22,24H,6,8H2,1-5H3. The van der Waals surface area contributed by atoms with Gasteiger partial charge in [-0.3, -0.25) is 4.79 Å². The first-order chi connectivity index (χ1) is 16.0. The Morgan fingerprint density at radius 3 is 2.53 bits per heavy atom. The van der Waals surface area contributed by atoms with Crippen LogP contribution in [-0.2, 0) is 11.2 Å². The minimum absolute atomic E-state index is 0.00806. The molecule has 0 amide bonds. The van der Waals surface area contributed by atoms with E-state index in [-0.39, 0.29) is 23.6 Å². The maximum absolute atomic E-state index is 13.1. The van der Waals surface area contributed by atoms with Crippen LogP contribution >= 0.6 is 0 Å². The quantitative estimate of drug-likeness (QED) is 0.484. The van der Waals surface area contributed by atoms with E-state index in [9.17, 15) is 18.4 Å². The maximum Gasteiger partial charge on any atom is 0.343 e. The molecule has 0 aliphatic carbocycles. The van der Waals surface area contributed by atoms with Crippen molar-refractivity contribution in [3.05, 3.63) is 58.1 Å². The predicted octanol–water partition coefficient (Wildman–Crippen LogP) is 5.10. The average molecular weight is 472 g/mol. The zero-order chi connectivity index (χ0) is 24.8. The molecule has 7 nitrogen and oxygen atoms in total. The van der Waals surface area contributed by atoms with Crippen LogP contribution in [-0.4, -0.2) is 34.0 Å². The highest BCUT2D eigenvalue weighted by Gasteiger charge is 2.34. The van der Waals surface area contributed by atoms with Gasteiger partial charge >= 0.3 is 12.5 Å². The van der Waals surface area contributed by atoms with Gasteiger partial charge in [-0.25, -0.2) is 9.48 Å². The van der Waals surface area contributed by atoms with Crippen molar-refractivity contribution in [3.63, 3.8) is 0 Å². The number of benzene rings is 1. The second kappa shape index (κ2) is 8.70. The Labute approximate surface area is 195 Å². The number of halogens is 2. The van der Waals surface area contributed by atoms with E-state index in [1.54, 1.807) is 19.2 Å². The van der Waals surface area contributed by atoms with Crippen LogP contribution in [0.25, 0.3) is 22.4 Å². The molecule has 1 atom stereocenters. The summed E-state index contributed by atoms with van der Waals surface area (Å²) in [6.45, 7) is 5.39. The Morgan fingerprint density at radius 2 is 1.94 bits per heavy atom. The molecule has 0 spiro atoms. The van der Waals surface area contributed by atoms with Gasteiger partial charge in [-0.1, -0.05) is 20.8 Å². The number of nitrogens with zero attached hydrogens (tertiary/aromatic N) is 3. The number of ether oxygens (including phenoxy) is 2. The lowest BCUT2D eigenvalue weighted by atomic mass is 9.78. The van der Waals surface area contributed by atoms with Crippen LogP contribution in [0.3, 0.4) is 0 Å². The summed E-state index contributed by atoms with van der Waals surface area (Å²) in [5.74, 6) is -0.180. The number of hydrogen-bond acceptors (Lipinski definition) is 5. The number of methoxy groups -OCH3 is 1. The van der Waals surface area contributed by atoms with Gasteiger partial charge in [0, 0.05) is 41.2 Å². The molecular weight excluding hydrogens is 444 g/mol. The molecule has 1 aliphatic heterocycles. The molecule has 0 bridgehead atoms. The van der Waals surface area contributed by atoms with Crippen molar-refractivity contribution in [2.45, 2.75) is 46.7 Å². The largest absolute Gasteiger partial charge is 0.496 e. The molecule has 0 radical (unpaired) electrons. The number of hydrogen-bond donors (Lipinski definition) is 0. The summed E-state index contributed by atoms with van der Waals surface area (Å²) in [5, 5.41) is 3.74. The molecule has 0 saturated carbocycles. The Bertz CT molecular complexity index is 1300. The molecule has 180 valence electrons. The molecular formula is C25H27F2N3O4. The van der Waals surface area contributed by atoms with Crippen LogP contribution in [0.2, 0.25) is 0 Å². The van der Waals surface area contributed by atoms with Crippen molar-refractivity contribution in [1.29, 1.82) is 0 Å². The van der Waals surface area contributed by atoms with Crippen molar-refractivity contribution in [2.24, 2.45) is 5.41 Å². The fraction of sp³-hybridized carbons (Fsp3) is 0.400. The summed E-state index contributed by atoms with van der Waals surface area (Å²) in [7, 11) is 1.50. The molecule has 0 saturated heterocycles. The van der Waals surface area contributed by atoms with E-state index in [1.807, 2.05) is 10.6 Å². The third-order valence-electron chi connectivity index (χ3n) is 6.14. The molecule has 4 rings (SSSR count). The van der Waals surface area contributed by atoms with Crippen LogP contribution in [0.15, 0.2) is 41.6 Å². The normalized spacial score (nSPS) is 15.1. The van der Waals surface area contributed by atoms with Gasteiger partial charge in [-0.15, -0.1) is 0 Å². The smallest absolute Gasteiger partial charge is 0.343 e. The number of carbonyl (C=O) groups excluding carboxylic acids is 1. The Balaban J connectivity index is 1.93. The molecule has 1 unspecified atom stereocenters. The van der Waals surface area contributed by atoms with E-state index in [1.165, 1.54) is 25.6 Å². The fourth-order valence-corrected chi connectivity index (χ4v) is 4.43. The van der Waals surface area contributed by atoms with Crippen LogP contribution < -0.4 is 10.2 Å². The van der Waals surface area contributed by atoms with Crippen molar-refractivity contribution < 1.29 is 23.0 Å². The predicted molar refractivity (Wildman–Crippen MR) is 123 cm³/mol. The van der Waals surface area contributed by atoms with Crippen molar-refractivity contribution in [3.8, 4) is 28.1 Å². The Kier molecular flexibility index (Phi) is 6.05. The molecule has 34 heavy (non-hydrogen) atoms. The highest BCUT2D eigenvalue weighted by Crippen LogP contribution is 2.45. The number of fused-ring (bicyclic) bond motifs is 3. The van der Waals surface area contributed by atoms with E-state index < -0.39 is 17.9 Å². The van der Waals surface area contributed by atoms with Crippen molar-refractivity contribution in [2.75, 3.05) is 13.7 Å². The molecule has 3 aromatic rings. The molecule has 1 aliphatic rings. The fourth-order valence-electron chi connectivity index (χ4n) is 4.43. The van der Waals surface area contributed by atoms with Crippen LogP contribution in [0.4, 0.5) is 8.78 Å². The van der Waals surface area contributed by atoms with Gasteiger partial charge in [-0.2, -0.15) is 13.9 Å². The minimum atomic E-state index is -2.74. The zero-order valence-corrected chi connectivity index (χ0v) is 19.8. The number of rotatable bonds is 5. The number of pyridine rings is 1. The van der Waals surface area contributed by atoms with Gasteiger partial charge in [0.2, 0.25) is 0 Å². The zero-order valence-electron chi connectivity index (χ0n) is 19.8. The SMILES string of the molecule is CCOC(=O)c1cn2c(cc1=O)-c1cc(OC)c(-c3cnn(C(F)F)c3)cc1CC2C(C)(C)C. The number of esters is 1. The van der Waals surface area contributed by atoms with E-state index in [0.717, 1.165) is 11.1 Å². The Hall–Kier alpha value is -3.49. The van der Waals surface area contributed by atoms with Gasteiger partial charge in [0.15, 0.2) is 5.43 Å². The van der Waals surface area contributed by atoms with Crippen LogP contribution in [0, 0.1) is 5.41 Å². The lowest BCUT2D eigenvalue weighted by Crippen LogP contribution is -2.33. The topological polar surface area (TPSA) is 75.3 Å².